The van der Waals surface area contributed by atoms with Crippen molar-refractivity contribution in [3.8, 4) is 11.5 Å². The number of aromatic nitrogens is 4. The van der Waals surface area contributed by atoms with Gasteiger partial charge in [-0.15, -0.1) is 0 Å². The first-order valence-corrected chi connectivity index (χ1v) is 9.48. The Kier molecular flexibility index (Phi) is 6.16. The highest BCUT2D eigenvalue weighted by molar-refractivity contribution is 6.34. The number of imidazole rings is 1. The molecule has 0 unspecified atom stereocenters. The molecule has 0 atom stereocenters. The number of benzene rings is 1. The average Bonchev–Trinajstić information content (AvgIpc) is 3.15. The van der Waals surface area contributed by atoms with Crippen molar-refractivity contribution in [2.45, 2.75) is 19.4 Å². The molecule has 0 aliphatic carbocycles. The van der Waals surface area contributed by atoms with Crippen molar-refractivity contribution in [2.24, 2.45) is 14.1 Å². The predicted molar refractivity (Wildman–Crippen MR) is 113 cm³/mol. The number of rotatable bonds is 7. The Bertz CT molecular complexity index is 1230. The molecule has 1 amide bonds. The maximum atomic E-state index is 12.4. The van der Waals surface area contributed by atoms with Crippen molar-refractivity contribution in [3.05, 3.63) is 44.3 Å². The highest BCUT2D eigenvalue weighted by Gasteiger charge is 2.15. The number of nitrogens with zero attached hydrogens (tertiary/aromatic N) is 4. The van der Waals surface area contributed by atoms with Gasteiger partial charge in [-0.05, 0) is 6.42 Å². The van der Waals surface area contributed by atoms with Gasteiger partial charge in [-0.25, -0.2) is 9.78 Å². The van der Waals surface area contributed by atoms with Crippen LogP contribution in [0.3, 0.4) is 0 Å². The second-order valence-corrected chi connectivity index (χ2v) is 7.06. The summed E-state index contributed by atoms with van der Waals surface area (Å²) in [6.07, 6.45) is 2.14. The molecule has 0 saturated carbocycles. The van der Waals surface area contributed by atoms with E-state index in [2.05, 4.69) is 10.3 Å². The number of anilines is 1. The minimum absolute atomic E-state index is 0.191. The maximum absolute atomic E-state index is 12.4. The number of halogens is 1. The topological polar surface area (TPSA) is 109 Å². The first-order chi connectivity index (χ1) is 14.3. The number of hydrogen-bond donors (Lipinski definition) is 1. The Hall–Kier alpha value is -3.27. The number of ether oxygens (including phenoxy) is 2. The molecule has 1 aromatic carbocycles. The van der Waals surface area contributed by atoms with Crippen LogP contribution in [0.25, 0.3) is 11.2 Å². The van der Waals surface area contributed by atoms with Gasteiger partial charge in [0.2, 0.25) is 5.91 Å². The summed E-state index contributed by atoms with van der Waals surface area (Å²) in [4.78, 5) is 41.0. The van der Waals surface area contributed by atoms with E-state index in [4.69, 9.17) is 21.1 Å². The molecule has 0 spiro atoms. The molecule has 0 radical (unpaired) electrons. The van der Waals surface area contributed by atoms with Gasteiger partial charge in [0.05, 0.1) is 31.3 Å². The summed E-state index contributed by atoms with van der Waals surface area (Å²) in [5.74, 6) is 0.667. The zero-order valence-electron chi connectivity index (χ0n) is 17.1. The molecule has 30 heavy (non-hydrogen) atoms. The minimum atomic E-state index is -0.441. The van der Waals surface area contributed by atoms with Gasteiger partial charge in [-0.3, -0.25) is 18.7 Å². The Morgan fingerprint density at radius 1 is 1.13 bits per heavy atom. The third-order valence-corrected chi connectivity index (χ3v) is 5.08. The molecule has 2 heterocycles. The van der Waals surface area contributed by atoms with Gasteiger partial charge in [0, 0.05) is 39.2 Å². The van der Waals surface area contributed by atoms with E-state index >= 15 is 0 Å². The van der Waals surface area contributed by atoms with E-state index in [0.29, 0.717) is 46.3 Å². The predicted octanol–water partition coefficient (Wildman–Crippen LogP) is 1.52. The molecule has 160 valence electrons. The number of carbonyl (C=O) groups excluding carboxylic acids is 1. The van der Waals surface area contributed by atoms with E-state index in [0.717, 1.165) is 4.57 Å². The molecule has 3 rings (SSSR count). The monoisotopic (exact) mass is 435 g/mol. The van der Waals surface area contributed by atoms with Crippen LogP contribution in [0, 0.1) is 0 Å². The van der Waals surface area contributed by atoms with Crippen molar-refractivity contribution in [2.75, 3.05) is 19.5 Å². The van der Waals surface area contributed by atoms with Crippen LogP contribution in [0.1, 0.15) is 12.8 Å². The lowest BCUT2D eigenvalue weighted by atomic mass is 10.2. The largest absolute Gasteiger partial charge is 0.493 e. The zero-order chi connectivity index (χ0) is 22.0. The fourth-order valence-electron chi connectivity index (χ4n) is 3.14. The first kappa shape index (κ1) is 21.4. The lowest BCUT2D eigenvalue weighted by Crippen LogP contribution is -2.37. The van der Waals surface area contributed by atoms with Gasteiger partial charge in [0.15, 0.2) is 22.7 Å². The minimum Gasteiger partial charge on any atom is -0.493 e. The number of hydrogen-bond acceptors (Lipinski definition) is 6. The summed E-state index contributed by atoms with van der Waals surface area (Å²) in [6.45, 7) is 0.386. The van der Waals surface area contributed by atoms with Gasteiger partial charge < -0.3 is 19.4 Å². The molecule has 2 aromatic heterocycles. The second-order valence-electron chi connectivity index (χ2n) is 6.65. The van der Waals surface area contributed by atoms with Crippen LogP contribution in [-0.2, 0) is 25.4 Å². The lowest BCUT2D eigenvalue weighted by molar-refractivity contribution is -0.116. The van der Waals surface area contributed by atoms with Crippen LogP contribution in [0.5, 0.6) is 11.5 Å². The molecule has 11 heteroatoms. The number of methoxy groups -OCH3 is 2. The lowest BCUT2D eigenvalue weighted by Gasteiger charge is -2.12. The van der Waals surface area contributed by atoms with Gasteiger partial charge in [-0.2, -0.15) is 0 Å². The van der Waals surface area contributed by atoms with E-state index in [1.54, 1.807) is 23.7 Å². The van der Waals surface area contributed by atoms with E-state index in [1.165, 1.54) is 32.2 Å². The van der Waals surface area contributed by atoms with Crippen LogP contribution in [-0.4, -0.2) is 38.8 Å². The number of nitrogens with one attached hydrogen (secondary N) is 1. The number of carbonyl (C=O) groups is 1. The molecule has 0 fully saturated rings. The maximum Gasteiger partial charge on any atom is 0.332 e. The number of amides is 1. The van der Waals surface area contributed by atoms with E-state index < -0.39 is 11.2 Å². The third kappa shape index (κ3) is 3.90. The van der Waals surface area contributed by atoms with Crippen molar-refractivity contribution < 1.29 is 14.3 Å². The smallest absolute Gasteiger partial charge is 0.332 e. The van der Waals surface area contributed by atoms with E-state index in [-0.39, 0.29) is 12.3 Å². The molecular formula is C19H22ClN5O5. The van der Waals surface area contributed by atoms with Crippen molar-refractivity contribution in [1.29, 1.82) is 0 Å². The first-order valence-electron chi connectivity index (χ1n) is 9.10. The Morgan fingerprint density at radius 2 is 1.80 bits per heavy atom. The Morgan fingerprint density at radius 3 is 2.47 bits per heavy atom. The Balaban J connectivity index is 1.70. The molecule has 3 aromatic rings. The number of aryl methyl sites for hydroxylation is 2. The van der Waals surface area contributed by atoms with Crippen molar-refractivity contribution >= 4 is 34.4 Å². The fraction of sp³-hybridized carbons (Fsp3) is 0.368. The number of fused-ring (bicyclic) bond motifs is 1. The van der Waals surface area contributed by atoms with Crippen LogP contribution in [0.4, 0.5) is 5.69 Å². The molecule has 0 aliphatic heterocycles. The third-order valence-electron chi connectivity index (χ3n) is 4.77. The summed E-state index contributed by atoms with van der Waals surface area (Å²) >= 11 is 6.19. The average molecular weight is 436 g/mol. The van der Waals surface area contributed by atoms with Gasteiger partial charge >= 0.3 is 5.69 Å². The highest BCUT2D eigenvalue weighted by atomic mass is 35.5. The normalized spacial score (nSPS) is 11.0. The fourth-order valence-corrected chi connectivity index (χ4v) is 3.34. The molecular weight excluding hydrogens is 414 g/mol. The van der Waals surface area contributed by atoms with Gasteiger partial charge in [-0.1, -0.05) is 11.6 Å². The zero-order valence-corrected chi connectivity index (χ0v) is 17.8. The van der Waals surface area contributed by atoms with Crippen LogP contribution in [0.2, 0.25) is 5.02 Å². The molecule has 0 saturated heterocycles. The standard InChI is InChI=1S/C19H22ClN5O5/c1-23-17-16(18(27)24(2)19(23)28)25(10-21-17)7-5-6-15(26)22-12-9-14(30-4)13(29-3)8-11(12)20/h8-10H,5-7H2,1-4H3,(H,22,26). The summed E-state index contributed by atoms with van der Waals surface area (Å²) in [6, 6.07) is 3.15. The van der Waals surface area contributed by atoms with E-state index in [1.807, 2.05) is 0 Å². The molecule has 0 aliphatic rings. The van der Waals surface area contributed by atoms with Crippen molar-refractivity contribution in [1.82, 2.24) is 18.7 Å². The summed E-state index contributed by atoms with van der Waals surface area (Å²) in [5, 5.41) is 3.07. The summed E-state index contributed by atoms with van der Waals surface area (Å²) in [7, 11) is 5.97. The molecule has 10 nitrogen and oxygen atoms in total. The Labute approximate surface area is 176 Å². The second kappa shape index (κ2) is 8.62. The summed E-state index contributed by atoms with van der Waals surface area (Å²) < 4.78 is 14.4. The molecule has 1 N–H and O–H groups in total. The van der Waals surface area contributed by atoms with Crippen LogP contribution in [0.15, 0.2) is 28.0 Å². The van der Waals surface area contributed by atoms with Crippen LogP contribution >= 0.6 is 11.6 Å². The van der Waals surface area contributed by atoms with Gasteiger partial charge in [0.1, 0.15) is 0 Å². The van der Waals surface area contributed by atoms with Crippen molar-refractivity contribution in [3.63, 3.8) is 0 Å². The quantitative estimate of drug-likeness (QED) is 0.602. The van der Waals surface area contributed by atoms with E-state index in [9.17, 15) is 14.4 Å². The SMILES string of the molecule is COc1cc(Cl)c(NC(=O)CCCn2cnc3c2c(=O)n(C)c(=O)n3C)cc1OC. The summed E-state index contributed by atoms with van der Waals surface area (Å²) in [5.41, 5.74) is 0.181. The van der Waals surface area contributed by atoms with Gasteiger partial charge in [0.25, 0.3) is 5.56 Å². The highest BCUT2D eigenvalue weighted by Crippen LogP contribution is 2.36. The van der Waals surface area contributed by atoms with Crippen LogP contribution < -0.4 is 26.0 Å². The molecule has 0 bridgehead atoms.